The molecule has 90 valence electrons. The van der Waals surface area contributed by atoms with Crippen LogP contribution in [0.1, 0.15) is 26.5 Å². The van der Waals surface area contributed by atoms with Crippen LogP contribution in [0.2, 0.25) is 0 Å². The largest absolute Gasteiger partial charge is 0.324 e. The van der Waals surface area contributed by atoms with Crippen molar-refractivity contribution in [1.29, 1.82) is 0 Å². The van der Waals surface area contributed by atoms with E-state index in [9.17, 15) is 0 Å². The van der Waals surface area contributed by atoms with Gasteiger partial charge in [-0.1, -0.05) is 20.8 Å². The monoisotopic (exact) mass is 222 g/mol. The first-order valence-electron chi connectivity index (χ1n) is 5.79. The minimum atomic E-state index is 0.677. The molecule has 0 aliphatic rings. The predicted molar refractivity (Wildman–Crippen MR) is 67.8 cm³/mol. The van der Waals surface area contributed by atoms with E-state index in [-0.39, 0.29) is 0 Å². The van der Waals surface area contributed by atoms with Gasteiger partial charge in [-0.3, -0.25) is 15.7 Å². The maximum absolute atomic E-state index is 5.37. The molecule has 0 saturated carbocycles. The van der Waals surface area contributed by atoms with Gasteiger partial charge in [-0.25, -0.2) is 0 Å². The number of aromatic nitrogens is 1. The van der Waals surface area contributed by atoms with Crippen molar-refractivity contribution in [3.8, 4) is 0 Å². The van der Waals surface area contributed by atoms with Crippen molar-refractivity contribution in [2.75, 3.05) is 18.5 Å². The van der Waals surface area contributed by atoms with E-state index in [1.165, 1.54) is 0 Å². The van der Waals surface area contributed by atoms with Gasteiger partial charge in [0.25, 0.3) is 0 Å². The maximum Gasteiger partial charge on any atom is 0.0564 e. The second-order valence-electron chi connectivity index (χ2n) is 4.40. The van der Waals surface area contributed by atoms with E-state index in [1.54, 1.807) is 6.20 Å². The van der Waals surface area contributed by atoms with Crippen LogP contribution < -0.4 is 11.3 Å². The number of nitrogen functional groups attached to an aromatic ring is 1. The third kappa shape index (κ3) is 4.16. The molecule has 0 fully saturated rings. The van der Waals surface area contributed by atoms with Gasteiger partial charge in [-0.05, 0) is 24.6 Å². The molecule has 0 saturated heterocycles. The quantitative estimate of drug-likeness (QED) is 0.569. The molecule has 0 amide bonds. The molecule has 1 rings (SSSR count). The highest BCUT2D eigenvalue weighted by Crippen LogP contribution is 2.09. The lowest BCUT2D eigenvalue weighted by atomic mass is 10.2. The summed E-state index contributed by atoms with van der Waals surface area (Å²) in [5.74, 6) is 6.05. The number of nitrogens with zero attached hydrogens (tertiary/aromatic N) is 2. The van der Waals surface area contributed by atoms with Crippen LogP contribution in [0.25, 0.3) is 0 Å². The fourth-order valence-corrected chi connectivity index (χ4v) is 1.71. The highest BCUT2D eigenvalue weighted by molar-refractivity contribution is 5.41. The topological polar surface area (TPSA) is 54.2 Å². The Hall–Kier alpha value is -1.13. The van der Waals surface area contributed by atoms with Crippen LogP contribution in [-0.2, 0) is 6.54 Å². The van der Waals surface area contributed by atoms with Crippen molar-refractivity contribution >= 4 is 5.69 Å². The SMILES string of the molecule is CCN(Cc1cc(NN)ccn1)CC(C)C. The molecule has 16 heavy (non-hydrogen) atoms. The lowest BCUT2D eigenvalue weighted by Gasteiger charge is -2.22. The predicted octanol–water partition coefficient (Wildman–Crippen LogP) is 1.85. The van der Waals surface area contributed by atoms with Gasteiger partial charge in [0.1, 0.15) is 0 Å². The Bertz CT molecular complexity index is 312. The van der Waals surface area contributed by atoms with Gasteiger partial charge in [0.15, 0.2) is 0 Å². The summed E-state index contributed by atoms with van der Waals surface area (Å²) < 4.78 is 0. The zero-order chi connectivity index (χ0) is 12.0. The number of nitrogens with two attached hydrogens (primary N) is 1. The van der Waals surface area contributed by atoms with Crippen LogP contribution in [0, 0.1) is 5.92 Å². The fourth-order valence-electron chi connectivity index (χ4n) is 1.71. The standard InChI is InChI=1S/C12H22N4/c1-4-16(8-10(2)3)9-12-7-11(15-13)5-6-14-12/h5-7,10H,4,8-9,13H2,1-3H3,(H,14,15). The Morgan fingerprint density at radius 2 is 2.25 bits per heavy atom. The number of hydrazine groups is 1. The van der Waals surface area contributed by atoms with Crippen molar-refractivity contribution in [3.05, 3.63) is 24.0 Å². The molecule has 4 heteroatoms. The number of rotatable bonds is 6. The molecule has 0 aliphatic heterocycles. The molecule has 0 aromatic carbocycles. The molecule has 1 aromatic heterocycles. The smallest absolute Gasteiger partial charge is 0.0564 e. The molecule has 0 atom stereocenters. The third-order valence-electron chi connectivity index (χ3n) is 2.44. The van der Waals surface area contributed by atoms with Gasteiger partial charge in [0.05, 0.1) is 11.4 Å². The first-order valence-corrected chi connectivity index (χ1v) is 5.79. The van der Waals surface area contributed by atoms with Gasteiger partial charge < -0.3 is 5.43 Å². The average molecular weight is 222 g/mol. The Balaban J connectivity index is 2.62. The van der Waals surface area contributed by atoms with E-state index >= 15 is 0 Å². The van der Waals surface area contributed by atoms with E-state index in [2.05, 4.69) is 36.1 Å². The van der Waals surface area contributed by atoms with Gasteiger partial charge in [0, 0.05) is 19.3 Å². The van der Waals surface area contributed by atoms with Crippen molar-refractivity contribution in [1.82, 2.24) is 9.88 Å². The molecular formula is C12H22N4. The van der Waals surface area contributed by atoms with Crippen LogP contribution in [0.4, 0.5) is 5.69 Å². The van der Waals surface area contributed by atoms with Gasteiger partial charge in [-0.2, -0.15) is 0 Å². The number of pyridine rings is 1. The summed E-state index contributed by atoms with van der Waals surface area (Å²) in [6.45, 7) is 9.65. The van der Waals surface area contributed by atoms with Crippen LogP contribution >= 0.6 is 0 Å². The van der Waals surface area contributed by atoms with Crippen molar-refractivity contribution < 1.29 is 0 Å². The van der Waals surface area contributed by atoms with Gasteiger partial charge in [0.2, 0.25) is 0 Å². The Labute approximate surface area is 97.8 Å². The van der Waals surface area contributed by atoms with Crippen LogP contribution in [0.3, 0.4) is 0 Å². The zero-order valence-electron chi connectivity index (χ0n) is 10.4. The minimum absolute atomic E-state index is 0.677. The Morgan fingerprint density at radius 1 is 1.50 bits per heavy atom. The zero-order valence-corrected chi connectivity index (χ0v) is 10.4. The molecule has 0 radical (unpaired) electrons. The van der Waals surface area contributed by atoms with Crippen molar-refractivity contribution in [3.63, 3.8) is 0 Å². The first kappa shape index (κ1) is 12.9. The van der Waals surface area contributed by atoms with E-state index in [0.717, 1.165) is 31.0 Å². The highest BCUT2D eigenvalue weighted by Gasteiger charge is 2.07. The first-order chi connectivity index (χ1) is 7.65. The number of hydrogen-bond acceptors (Lipinski definition) is 4. The number of anilines is 1. The molecule has 3 N–H and O–H groups in total. The summed E-state index contributed by atoms with van der Waals surface area (Å²) in [6.07, 6.45) is 1.79. The van der Waals surface area contributed by atoms with Crippen LogP contribution in [-0.4, -0.2) is 23.0 Å². The van der Waals surface area contributed by atoms with Crippen LogP contribution in [0.15, 0.2) is 18.3 Å². The van der Waals surface area contributed by atoms with E-state index in [0.29, 0.717) is 5.92 Å². The molecular weight excluding hydrogens is 200 g/mol. The third-order valence-corrected chi connectivity index (χ3v) is 2.44. The molecule has 0 spiro atoms. The summed E-state index contributed by atoms with van der Waals surface area (Å²) in [7, 11) is 0. The fraction of sp³-hybridized carbons (Fsp3) is 0.583. The van der Waals surface area contributed by atoms with Crippen molar-refractivity contribution in [2.45, 2.75) is 27.3 Å². The average Bonchev–Trinajstić information content (AvgIpc) is 2.28. The van der Waals surface area contributed by atoms with Gasteiger partial charge in [-0.15, -0.1) is 0 Å². The van der Waals surface area contributed by atoms with Gasteiger partial charge >= 0.3 is 0 Å². The minimum Gasteiger partial charge on any atom is -0.324 e. The molecule has 0 unspecified atom stereocenters. The highest BCUT2D eigenvalue weighted by atomic mass is 15.2. The second kappa shape index (κ2) is 6.45. The molecule has 4 nitrogen and oxygen atoms in total. The second-order valence-corrected chi connectivity index (χ2v) is 4.40. The molecule has 0 aliphatic carbocycles. The summed E-state index contributed by atoms with van der Waals surface area (Å²) >= 11 is 0. The van der Waals surface area contributed by atoms with E-state index in [4.69, 9.17) is 5.84 Å². The van der Waals surface area contributed by atoms with E-state index < -0.39 is 0 Å². The van der Waals surface area contributed by atoms with E-state index in [1.807, 2.05) is 12.1 Å². The molecule has 1 aromatic rings. The maximum atomic E-state index is 5.37. The van der Waals surface area contributed by atoms with Crippen molar-refractivity contribution in [2.24, 2.45) is 11.8 Å². The lowest BCUT2D eigenvalue weighted by molar-refractivity contribution is 0.246. The lowest BCUT2D eigenvalue weighted by Crippen LogP contribution is -2.27. The summed E-state index contributed by atoms with van der Waals surface area (Å²) in [5.41, 5.74) is 4.60. The Morgan fingerprint density at radius 3 is 2.81 bits per heavy atom. The summed E-state index contributed by atoms with van der Waals surface area (Å²) in [4.78, 5) is 6.73. The van der Waals surface area contributed by atoms with Crippen LogP contribution in [0.5, 0.6) is 0 Å². The number of nitrogens with one attached hydrogen (secondary N) is 1. The molecule has 1 heterocycles. The normalized spacial score (nSPS) is 11.1. The summed E-state index contributed by atoms with van der Waals surface area (Å²) in [5, 5.41) is 0. The molecule has 0 bridgehead atoms. The Kier molecular flexibility index (Phi) is 5.22. The summed E-state index contributed by atoms with van der Waals surface area (Å²) in [6, 6.07) is 3.85. The number of hydrogen-bond donors (Lipinski definition) is 2.